The lowest BCUT2D eigenvalue weighted by atomic mass is 10.2. The van der Waals surface area contributed by atoms with Gasteiger partial charge < -0.3 is 4.74 Å². The van der Waals surface area contributed by atoms with Crippen molar-refractivity contribution in [3.8, 4) is 0 Å². The van der Waals surface area contributed by atoms with Crippen LogP contribution in [0, 0.1) is 10.1 Å². The van der Waals surface area contributed by atoms with Gasteiger partial charge in [0.1, 0.15) is 5.60 Å². The molecule has 0 spiro atoms. The number of benzene rings is 1. The third-order valence-electron chi connectivity index (χ3n) is 2.82. The lowest BCUT2D eigenvalue weighted by Crippen LogP contribution is -2.42. The van der Waals surface area contributed by atoms with Crippen molar-refractivity contribution in [2.45, 2.75) is 26.4 Å². The molecule has 1 N–H and O–H groups in total. The summed E-state index contributed by atoms with van der Waals surface area (Å²) in [6.07, 6.45) is 2.51. The largest absolute Gasteiger partial charge is 0.443 e. The molecule has 1 aromatic carbocycles. The van der Waals surface area contributed by atoms with E-state index >= 15 is 0 Å². The fourth-order valence-corrected chi connectivity index (χ4v) is 1.88. The number of carbonyl (C=O) groups excluding carboxylic acids is 1. The lowest BCUT2D eigenvalue weighted by Gasteiger charge is -2.27. The van der Waals surface area contributed by atoms with Crippen molar-refractivity contribution in [2.24, 2.45) is 0 Å². The van der Waals surface area contributed by atoms with Crippen molar-refractivity contribution in [1.29, 1.82) is 0 Å². The van der Waals surface area contributed by atoms with Crippen molar-refractivity contribution in [1.82, 2.24) is 10.4 Å². The predicted octanol–water partition coefficient (Wildman–Crippen LogP) is 3.57. The van der Waals surface area contributed by atoms with E-state index in [4.69, 9.17) is 4.74 Å². The summed E-state index contributed by atoms with van der Waals surface area (Å²) in [6, 6.07) is 9.23. The van der Waals surface area contributed by atoms with Crippen molar-refractivity contribution in [2.75, 3.05) is 5.01 Å². The first-order valence-electron chi connectivity index (χ1n) is 7.20. The molecule has 1 amide bonds. The number of carbonyl (C=O) groups is 1. The quantitative estimate of drug-likeness (QED) is 0.680. The molecule has 0 saturated heterocycles. The molecule has 0 saturated carbocycles. The van der Waals surface area contributed by atoms with Crippen molar-refractivity contribution in [3.63, 3.8) is 0 Å². The Kier molecular flexibility index (Phi) is 4.98. The molecule has 0 unspecified atom stereocenters. The van der Waals surface area contributed by atoms with Crippen LogP contribution in [0.15, 0.2) is 48.8 Å². The molecule has 0 aliphatic carbocycles. The van der Waals surface area contributed by atoms with Crippen LogP contribution in [0.1, 0.15) is 20.8 Å². The number of non-ortho nitro benzene ring substituents is 1. The van der Waals surface area contributed by atoms with Crippen LogP contribution in [-0.4, -0.2) is 21.6 Å². The summed E-state index contributed by atoms with van der Waals surface area (Å²) in [4.78, 5) is 26.4. The van der Waals surface area contributed by atoms with E-state index in [0.717, 1.165) is 0 Å². The number of nitro groups is 1. The highest BCUT2D eigenvalue weighted by Gasteiger charge is 2.20. The number of amides is 1. The van der Waals surface area contributed by atoms with Gasteiger partial charge in [-0.2, -0.15) is 0 Å². The van der Waals surface area contributed by atoms with Gasteiger partial charge in [-0.05, 0) is 45.0 Å². The maximum Gasteiger partial charge on any atom is 0.426 e. The fraction of sp³-hybridized carbons (Fsp3) is 0.250. The number of pyridine rings is 1. The first-order valence-corrected chi connectivity index (χ1v) is 7.20. The maximum absolute atomic E-state index is 12.1. The van der Waals surface area contributed by atoms with Crippen LogP contribution in [-0.2, 0) is 4.74 Å². The Labute approximate surface area is 139 Å². The minimum Gasteiger partial charge on any atom is -0.443 e. The average Bonchev–Trinajstić information content (AvgIpc) is 2.52. The summed E-state index contributed by atoms with van der Waals surface area (Å²) >= 11 is 0. The molecule has 0 atom stereocenters. The summed E-state index contributed by atoms with van der Waals surface area (Å²) in [5.41, 5.74) is 3.03. The highest BCUT2D eigenvalue weighted by Crippen LogP contribution is 2.25. The number of anilines is 2. The first-order chi connectivity index (χ1) is 11.3. The Morgan fingerprint density at radius 2 is 1.88 bits per heavy atom. The van der Waals surface area contributed by atoms with E-state index in [2.05, 4.69) is 10.4 Å². The van der Waals surface area contributed by atoms with Gasteiger partial charge in [-0.15, -0.1) is 0 Å². The molecule has 0 fully saturated rings. The van der Waals surface area contributed by atoms with Crippen LogP contribution in [0.2, 0.25) is 0 Å². The molecule has 8 nitrogen and oxygen atoms in total. The number of nitro benzene ring substituents is 1. The average molecular weight is 330 g/mol. The van der Waals surface area contributed by atoms with Gasteiger partial charge in [0, 0.05) is 18.3 Å². The van der Waals surface area contributed by atoms with Crippen LogP contribution in [0.4, 0.5) is 21.9 Å². The molecule has 0 aliphatic heterocycles. The van der Waals surface area contributed by atoms with E-state index in [9.17, 15) is 14.9 Å². The first kappa shape index (κ1) is 17.2. The Morgan fingerprint density at radius 3 is 2.38 bits per heavy atom. The Balaban J connectivity index is 2.30. The zero-order valence-corrected chi connectivity index (χ0v) is 13.6. The van der Waals surface area contributed by atoms with Gasteiger partial charge in [0.2, 0.25) is 0 Å². The molecule has 126 valence electrons. The Bertz CT molecular complexity index is 711. The number of hydrazine groups is 1. The molecule has 2 aromatic rings. The van der Waals surface area contributed by atoms with Crippen LogP contribution >= 0.6 is 0 Å². The summed E-state index contributed by atoms with van der Waals surface area (Å²) < 4.78 is 5.25. The minimum atomic E-state index is -0.653. The molecular formula is C16H18N4O4. The van der Waals surface area contributed by atoms with Gasteiger partial charge in [-0.1, -0.05) is 0 Å². The van der Waals surface area contributed by atoms with E-state index in [1.807, 2.05) is 0 Å². The normalized spacial score (nSPS) is 10.8. The van der Waals surface area contributed by atoms with E-state index in [0.29, 0.717) is 11.4 Å². The lowest BCUT2D eigenvalue weighted by molar-refractivity contribution is -0.384. The maximum atomic E-state index is 12.1. The zero-order valence-electron chi connectivity index (χ0n) is 13.6. The molecule has 1 aromatic heterocycles. The third kappa shape index (κ3) is 4.67. The number of ether oxygens (including phenoxy) is 1. The molecule has 0 bridgehead atoms. The van der Waals surface area contributed by atoms with Crippen LogP contribution in [0.5, 0.6) is 0 Å². The Morgan fingerprint density at radius 1 is 1.21 bits per heavy atom. The van der Waals surface area contributed by atoms with Crippen molar-refractivity contribution >= 4 is 23.2 Å². The van der Waals surface area contributed by atoms with Gasteiger partial charge in [0.05, 0.1) is 22.5 Å². The number of rotatable bonds is 4. The molecule has 8 heteroatoms. The highest BCUT2D eigenvalue weighted by molar-refractivity contribution is 5.75. The second-order valence-corrected chi connectivity index (χ2v) is 5.93. The van der Waals surface area contributed by atoms with Crippen LogP contribution in [0.25, 0.3) is 0 Å². The SMILES string of the molecule is CC(C)(C)OC(=O)NN(c1ccc([N+](=O)[O-])cc1)c1cccnc1. The molecular weight excluding hydrogens is 312 g/mol. The van der Waals surface area contributed by atoms with Gasteiger partial charge in [-0.3, -0.25) is 15.1 Å². The van der Waals surface area contributed by atoms with E-state index in [1.165, 1.54) is 29.3 Å². The number of hydrogen-bond acceptors (Lipinski definition) is 6. The van der Waals surface area contributed by atoms with E-state index in [-0.39, 0.29) is 5.69 Å². The van der Waals surface area contributed by atoms with Gasteiger partial charge in [0.25, 0.3) is 5.69 Å². The zero-order chi connectivity index (χ0) is 17.7. The molecule has 0 radical (unpaired) electrons. The van der Waals surface area contributed by atoms with Gasteiger partial charge in [-0.25, -0.2) is 15.2 Å². The minimum absolute atomic E-state index is 0.0397. The summed E-state index contributed by atoms with van der Waals surface area (Å²) in [5.74, 6) is 0. The van der Waals surface area contributed by atoms with E-state index < -0.39 is 16.6 Å². The predicted molar refractivity (Wildman–Crippen MR) is 88.8 cm³/mol. The third-order valence-corrected chi connectivity index (χ3v) is 2.82. The topological polar surface area (TPSA) is 97.6 Å². The van der Waals surface area contributed by atoms with Crippen molar-refractivity contribution < 1.29 is 14.5 Å². The standard InChI is InChI=1S/C16H18N4O4/c1-16(2,3)24-15(21)18-19(14-5-4-10-17-11-14)12-6-8-13(9-7-12)20(22)23/h4-11H,1-3H3,(H,18,21). The van der Waals surface area contributed by atoms with Gasteiger partial charge >= 0.3 is 6.09 Å². The van der Waals surface area contributed by atoms with Crippen LogP contribution in [0.3, 0.4) is 0 Å². The number of aromatic nitrogens is 1. The second-order valence-electron chi connectivity index (χ2n) is 5.93. The second kappa shape index (κ2) is 6.95. The smallest absolute Gasteiger partial charge is 0.426 e. The number of nitrogens with one attached hydrogen (secondary N) is 1. The fourth-order valence-electron chi connectivity index (χ4n) is 1.88. The molecule has 0 aliphatic rings. The molecule has 24 heavy (non-hydrogen) atoms. The summed E-state index contributed by atoms with van der Waals surface area (Å²) in [6.45, 7) is 5.27. The summed E-state index contributed by atoms with van der Waals surface area (Å²) in [5, 5.41) is 12.2. The summed E-state index contributed by atoms with van der Waals surface area (Å²) in [7, 11) is 0. The Hall–Kier alpha value is -3.16. The number of hydrogen-bond donors (Lipinski definition) is 1. The van der Waals surface area contributed by atoms with Gasteiger partial charge in [0.15, 0.2) is 0 Å². The number of nitrogens with zero attached hydrogens (tertiary/aromatic N) is 3. The molecule has 1 heterocycles. The highest BCUT2D eigenvalue weighted by atomic mass is 16.6. The van der Waals surface area contributed by atoms with Crippen molar-refractivity contribution in [3.05, 3.63) is 58.9 Å². The monoisotopic (exact) mass is 330 g/mol. The van der Waals surface area contributed by atoms with E-state index in [1.54, 1.807) is 45.3 Å². The van der Waals surface area contributed by atoms with Crippen LogP contribution < -0.4 is 10.4 Å². The molecule has 2 rings (SSSR count).